The van der Waals surface area contributed by atoms with Crippen molar-refractivity contribution in [2.24, 2.45) is 0 Å². The molecule has 0 saturated heterocycles. The summed E-state index contributed by atoms with van der Waals surface area (Å²) in [6.45, 7) is 5.25. The number of benzene rings is 1. The van der Waals surface area contributed by atoms with E-state index >= 15 is 0 Å². The van der Waals surface area contributed by atoms with Crippen LogP contribution in [0.2, 0.25) is 0 Å². The van der Waals surface area contributed by atoms with Gasteiger partial charge in [-0.15, -0.1) is 0 Å². The van der Waals surface area contributed by atoms with Crippen molar-refractivity contribution in [3.63, 3.8) is 0 Å². The summed E-state index contributed by atoms with van der Waals surface area (Å²) in [6.07, 6.45) is 4.75. The predicted octanol–water partition coefficient (Wildman–Crippen LogP) is 3.98. The van der Waals surface area contributed by atoms with Gasteiger partial charge in [0.05, 0.1) is 0 Å². The van der Waals surface area contributed by atoms with E-state index < -0.39 is 0 Å². The van der Waals surface area contributed by atoms with Gasteiger partial charge in [-0.2, -0.15) is 0 Å². The molecule has 2 rings (SSSR count). The highest BCUT2D eigenvalue weighted by Crippen LogP contribution is 2.40. The Bertz CT molecular complexity index is 403. The number of rotatable bonds is 5. The fourth-order valence-corrected chi connectivity index (χ4v) is 2.77. The molecular formula is C15H22BrNO. The Morgan fingerprint density at radius 2 is 1.89 bits per heavy atom. The first-order chi connectivity index (χ1) is 8.56. The Morgan fingerprint density at radius 3 is 2.33 bits per heavy atom. The van der Waals surface area contributed by atoms with Gasteiger partial charge < -0.3 is 10.1 Å². The third-order valence-electron chi connectivity index (χ3n) is 3.84. The van der Waals surface area contributed by atoms with Crippen molar-refractivity contribution >= 4 is 15.9 Å². The third-order valence-corrected chi connectivity index (χ3v) is 5.09. The molecule has 0 aliphatic heterocycles. The number of hydrogen-bond acceptors (Lipinski definition) is 2. The van der Waals surface area contributed by atoms with Gasteiger partial charge in [0.25, 0.3) is 0 Å². The zero-order chi connectivity index (χ0) is 13.2. The van der Waals surface area contributed by atoms with E-state index in [9.17, 15) is 0 Å². The van der Waals surface area contributed by atoms with Crippen LogP contribution < -0.4 is 10.1 Å². The molecule has 18 heavy (non-hydrogen) atoms. The molecule has 1 fully saturated rings. The van der Waals surface area contributed by atoms with Gasteiger partial charge in [-0.3, -0.25) is 0 Å². The Kier molecular flexibility index (Phi) is 4.33. The number of nitrogens with one attached hydrogen (secondary N) is 1. The monoisotopic (exact) mass is 311 g/mol. The standard InChI is InChI=1S/C15H22BrNO/c1-11-9-13(10-12(2)14(11)16)18-15(5-4-6-15)7-8-17-3/h9-10,17H,4-8H2,1-3H3. The summed E-state index contributed by atoms with van der Waals surface area (Å²) in [4.78, 5) is 0. The molecular weight excluding hydrogens is 290 g/mol. The van der Waals surface area contributed by atoms with Crippen LogP contribution in [0.1, 0.15) is 36.8 Å². The minimum absolute atomic E-state index is 0.0791. The first-order valence-electron chi connectivity index (χ1n) is 6.67. The van der Waals surface area contributed by atoms with Gasteiger partial charge in [0.15, 0.2) is 0 Å². The Hall–Kier alpha value is -0.540. The van der Waals surface area contributed by atoms with Crippen molar-refractivity contribution < 1.29 is 4.74 Å². The molecule has 0 atom stereocenters. The molecule has 1 N–H and O–H groups in total. The molecule has 0 aromatic heterocycles. The molecule has 100 valence electrons. The average Bonchev–Trinajstić information content (AvgIpc) is 2.29. The van der Waals surface area contributed by atoms with Crippen LogP contribution >= 0.6 is 15.9 Å². The van der Waals surface area contributed by atoms with E-state index in [1.54, 1.807) is 0 Å². The summed E-state index contributed by atoms with van der Waals surface area (Å²) < 4.78 is 7.48. The largest absolute Gasteiger partial charge is 0.487 e. The molecule has 1 aliphatic carbocycles. The van der Waals surface area contributed by atoms with Crippen LogP contribution in [0, 0.1) is 13.8 Å². The van der Waals surface area contributed by atoms with Crippen LogP contribution in [-0.4, -0.2) is 19.2 Å². The van der Waals surface area contributed by atoms with E-state index in [1.165, 1.54) is 34.9 Å². The second-order valence-electron chi connectivity index (χ2n) is 5.36. The number of ether oxygens (including phenoxy) is 1. The minimum Gasteiger partial charge on any atom is -0.487 e. The van der Waals surface area contributed by atoms with Gasteiger partial charge >= 0.3 is 0 Å². The van der Waals surface area contributed by atoms with Gasteiger partial charge in [-0.25, -0.2) is 0 Å². The van der Waals surface area contributed by atoms with Crippen molar-refractivity contribution in [3.05, 3.63) is 27.7 Å². The van der Waals surface area contributed by atoms with Gasteiger partial charge in [0.2, 0.25) is 0 Å². The maximum Gasteiger partial charge on any atom is 0.120 e. The Balaban J connectivity index is 2.12. The highest BCUT2D eigenvalue weighted by Gasteiger charge is 2.38. The van der Waals surface area contributed by atoms with Crippen LogP contribution in [0.3, 0.4) is 0 Å². The zero-order valence-electron chi connectivity index (χ0n) is 11.5. The summed E-state index contributed by atoms with van der Waals surface area (Å²) in [5.41, 5.74) is 2.57. The summed E-state index contributed by atoms with van der Waals surface area (Å²) >= 11 is 3.60. The van der Waals surface area contributed by atoms with E-state index in [0.717, 1.165) is 18.7 Å². The first-order valence-corrected chi connectivity index (χ1v) is 7.46. The molecule has 1 aromatic carbocycles. The van der Waals surface area contributed by atoms with Crippen molar-refractivity contribution in [1.82, 2.24) is 5.32 Å². The van der Waals surface area contributed by atoms with Crippen molar-refractivity contribution in [2.75, 3.05) is 13.6 Å². The predicted molar refractivity (Wildman–Crippen MR) is 79.4 cm³/mol. The van der Waals surface area contributed by atoms with Crippen LogP contribution in [0.4, 0.5) is 0 Å². The summed E-state index contributed by atoms with van der Waals surface area (Å²) in [5, 5.41) is 3.22. The van der Waals surface area contributed by atoms with E-state index in [-0.39, 0.29) is 5.60 Å². The molecule has 2 nitrogen and oxygen atoms in total. The molecule has 1 aliphatic rings. The Morgan fingerprint density at radius 1 is 1.28 bits per heavy atom. The first kappa shape index (κ1) is 13.9. The second kappa shape index (κ2) is 5.62. The Labute approximate surface area is 118 Å². The van der Waals surface area contributed by atoms with Crippen LogP contribution in [-0.2, 0) is 0 Å². The fraction of sp³-hybridized carbons (Fsp3) is 0.600. The van der Waals surface area contributed by atoms with E-state index in [2.05, 4.69) is 47.2 Å². The quantitative estimate of drug-likeness (QED) is 0.888. The molecule has 0 heterocycles. The molecule has 0 bridgehead atoms. The lowest BCUT2D eigenvalue weighted by Crippen LogP contribution is -2.45. The van der Waals surface area contributed by atoms with Crippen LogP contribution in [0.25, 0.3) is 0 Å². The topological polar surface area (TPSA) is 21.3 Å². The lowest BCUT2D eigenvalue weighted by molar-refractivity contribution is -0.0139. The van der Waals surface area contributed by atoms with Crippen molar-refractivity contribution in [3.8, 4) is 5.75 Å². The maximum atomic E-state index is 6.30. The maximum absolute atomic E-state index is 6.30. The number of halogens is 1. The second-order valence-corrected chi connectivity index (χ2v) is 6.16. The molecule has 1 saturated carbocycles. The fourth-order valence-electron chi connectivity index (χ4n) is 2.54. The van der Waals surface area contributed by atoms with Crippen LogP contribution in [0.15, 0.2) is 16.6 Å². The molecule has 1 aromatic rings. The zero-order valence-corrected chi connectivity index (χ0v) is 13.1. The molecule has 0 spiro atoms. The van der Waals surface area contributed by atoms with Crippen molar-refractivity contribution in [1.29, 1.82) is 0 Å². The summed E-state index contributed by atoms with van der Waals surface area (Å²) in [6, 6.07) is 4.27. The molecule has 3 heteroatoms. The number of aryl methyl sites for hydroxylation is 2. The van der Waals surface area contributed by atoms with E-state index in [4.69, 9.17) is 4.74 Å². The highest BCUT2D eigenvalue weighted by atomic mass is 79.9. The number of hydrogen-bond donors (Lipinski definition) is 1. The smallest absolute Gasteiger partial charge is 0.120 e. The summed E-state index contributed by atoms with van der Waals surface area (Å²) in [7, 11) is 2.00. The average molecular weight is 312 g/mol. The van der Waals surface area contributed by atoms with Gasteiger partial charge in [0.1, 0.15) is 11.4 Å². The lowest BCUT2D eigenvalue weighted by atomic mass is 9.77. The van der Waals surface area contributed by atoms with Gasteiger partial charge in [-0.1, -0.05) is 15.9 Å². The third kappa shape index (κ3) is 2.89. The van der Waals surface area contributed by atoms with Gasteiger partial charge in [-0.05, 0) is 76.4 Å². The minimum atomic E-state index is 0.0791. The molecule has 0 radical (unpaired) electrons. The molecule has 0 amide bonds. The normalized spacial score (nSPS) is 17.3. The summed E-state index contributed by atoms with van der Waals surface area (Å²) in [5.74, 6) is 1.02. The van der Waals surface area contributed by atoms with E-state index in [1.807, 2.05) is 7.05 Å². The van der Waals surface area contributed by atoms with Crippen molar-refractivity contribution in [2.45, 2.75) is 45.1 Å². The van der Waals surface area contributed by atoms with E-state index in [0.29, 0.717) is 0 Å². The lowest BCUT2D eigenvalue weighted by Gasteiger charge is -2.42. The van der Waals surface area contributed by atoms with Crippen LogP contribution in [0.5, 0.6) is 5.75 Å². The SMILES string of the molecule is CNCCC1(Oc2cc(C)c(Br)c(C)c2)CCC1. The highest BCUT2D eigenvalue weighted by molar-refractivity contribution is 9.10. The van der Waals surface area contributed by atoms with Gasteiger partial charge in [0, 0.05) is 4.47 Å². The molecule has 0 unspecified atom stereocenters.